The third-order valence-corrected chi connectivity index (χ3v) is 5.86. The van der Waals surface area contributed by atoms with E-state index in [0.29, 0.717) is 18.5 Å². The molecule has 0 aliphatic carbocycles. The van der Waals surface area contributed by atoms with Crippen LogP contribution in [0.25, 0.3) is 0 Å². The summed E-state index contributed by atoms with van der Waals surface area (Å²) in [6.45, 7) is 0.267. The van der Waals surface area contributed by atoms with E-state index in [2.05, 4.69) is 0 Å². The Kier molecular flexibility index (Phi) is 4.75. The Morgan fingerprint density at radius 1 is 1.43 bits per heavy atom. The SMILES string of the molecule is COC(=O)C1CCCCN1S(=O)(=O)c1ccc(N)cc1Cl. The summed E-state index contributed by atoms with van der Waals surface area (Å²) in [5.41, 5.74) is 5.96. The van der Waals surface area contributed by atoms with Gasteiger partial charge in [0.15, 0.2) is 0 Å². The molecule has 1 atom stereocenters. The Morgan fingerprint density at radius 2 is 2.14 bits per heavy atom. The zero-order valence-corrected chi connectivity index (χ0v) is 13.2. The highest BCUT2D eigenvalue weighted by Gasteiger charge is 2.39. The largest absolute Gasteiger partial charge is 0.468 e. The van der Waals surface area contributed by atoms with Crippen LogP contribution in [-0.2, 0) is 19.6 Å². The van der Waals surface area contributed by atoms with Gasteiger partial charge in [0, 0.05) is 12.2 Å². The summed E-state index contributed by atoms with van der Waals surface area (Å²) in [6.07, 6.45) is 1.92. The maximum absolute atomic E-state index is 12.7. The van der Waals surface area contributed by atoms with E-state index in [-0.39, 0.29) is 16.5 Å². The van der Waals surface area contributed by atoms with Crippen LogP contribution in [0.3, 0.4) is 0 Å². The van der Waals surface area contributed by atoms with Gasteiger partial charge in [-0.25, -0.2) is 8.42 Å². The Hall–Kier alpha value is -1.31. The van der Waals surface area contributed by atoms with Gasteiger partial charge in [0.25, 0.3) is 0 Å². The number of ether oxygens (including phenoxy) is 1. The number of halogens is 1. The molecule has 1 aliphatic heterocycles. The maximum atomic E-state index is 12.7. The first-order valence-corrected chi connectivity index (χ1v) is 8.34. The van der Waals surface area contributed by atoms with Crippen molar-refractivity contribution in [1.29, 1.82) is 0 Å². The average Bonchev–Trinajstić information content (AvgIpc) is 2.46. The van der Waals surface area contributed by atoms with Crippen molar-refractivity contribution in [2.75, 3.05) is 19.4 Å². The number of benzene rings is 1. The second-order valence-electron chi connectivity index (χ2n) is 4.84. The maximum Gasteiger partial charge on any atom is 0.324 e. The summed E-state index contributed by atoms with van der Waals surface area (Å²) >= 11 is 5.99. The van der Waals surface area contributed by atoms with Crippen LogP contribution in [0.2, 0.25) is 5.02 Å². The number of esters is 1. The van der Waals surface area contributed by atoms with Crippen molar-refractivity contribution in [3.05, 3.63) is 23.2 Å². The Labute approximate surface area is 128 Å². The topological polar surface area (TPSA) is 89.7 Å². The molecule has 1 aliphatic rings. The van der Waals surface area contributed by atoms with E-state index < -0.39 is 22.0 Å². The number of hydrogen-bond donors (Lipinski definition) is 1. The molecule has 0 saturated carbocycles. The van der Waals surface area contributed by atoms with Crippen LogP contribution < -0.4 is 5.73 Å². The van der Waals surface area contributed by atoms with E-state index in [4.69, 9.17) is 22.1 Å². The molecular formula is C13H17ClN2O4S. The van der Waals surface area contributed by atoms with E-state index in [9.17, 15) is 13.2 Å². The zero-order valence-electron chi connectivity index (χ0n) is 11.6. The Balaban J connectivity index is 2.43. The fraction of sp³-hybridized carbons (Fsp3) is 0.462. The number of rotatable bonds is 3. The van der Waals surface area contributed by atoms with Crippen molar-refractivity contribution in [3.63, 3.8) is 0 Å². The smallest absolute Gasteiger partial charge is 0.324 e. The van der Waals surface area contributed by atoms with Gasteiger partial charge in [-0.3, -0.25) is 4.79 Å². The molecule has 2 rings (SSSR count). The standard InChI is InChI=1S/C13H17ClN2O4S/c1-20-13(17)11-4-2-3-7-16(11)21(18,19)12-6-5-9(15)8-10(12)14/h5-6,8,11H,2-4,7,15H2,1H3. The quantitative estimate of drug-likeness (QED) is 0.671. The predicted octanol–water partition coefficient (Wildman–Crippen LogP) is 1.64. The lowest BCUT2D eigenvalue weighted by Gasteiger charge is -2.32. The molecule has 21 heavy (non-hydrogen) atoms. The lowest BCUT2D eigenvalue weighted by Crippen LogP contribution is -2.48. The molecule has 6 nitrogen and oxygen atoms in total. The molecule has 116 valence electrons. The van der Waals surface area contributed by atoms with Crippen LogP contribution in [0, 0.1) is 0 Å². The molecule has 1 aromatic rings. The molecule has 1 aromatic carbocycles. The number of anilines is 1. The number of carbonyl (C=O) groups is 1. The van der Waals surface area contributed by atoms with Gasteiger partial charge in [0.2, 0.25) is 10.0 Å². The van der Waals surface area contributed by atoms with Gasteiger partial charge in [0.1, 0.15) is 10.9 Å². The van der Waals surface area contributed by atoms with Crippen molar-refractivity contribution in [2.24, 2.45) is 0 Å². The van der Waals surface area contributed by atoms with Gasteiger partial charge in [-0.15, -0.1) is 0 Å². The molecule has 1 fully saturated rings. The van der Waals surface area contributed by atoms with Crippen molar-refractivity contribution in [1.82, 2.24) is 4.31 Å². The number of sulfonamides is 1. The molecule has 1 unspecified atom stereocenters. The molecule has 0 radical (unpaired) electrons. The molecule has 0 bridgehead atoms. The number of carbonyl (C=O) groups excluding carboxylic acids is 1. The minimum absolute atomic E-state index is 0.0455. The molecule has 1 heterocycles. The zero-order chi connectivity index (χ0) is 15.6. The van der Waals surface area contributed by atoms with Crippen molar-refractivity contribution < 1.29 is 17.9 Å². The lowest BCUT2D eigenvalue weighted by molar-refractivity contribution is -0.146. The minimum atomic E-state index is -3.87. The van der Waals surface area contributed by atoms with Crippen LogP contribution in [0.15, 0.2) is 23.1 Å². The first-order valence-electron chi connectivity index (χ1n) is 6.52. The van der Waals surface area contributed by atoms with Crippen LogP contribution in [-0.4, -0.2) is 38.4 Å². The Bertz CT molecular complexity index is 648. The summed E-state index contributed by atoms with van der Waals surface area (Å²) < 4.78 is 31.4. The monoisotopic (exact) mass is 332 g/mol. The lowest BCUT2D eigenvalue weighted by atomic mass is 10.1. The van der Waals surface area contributed by atoms with Crippen LogP contribution in [0.4, 0.5) is 5.69 Å². The van der Waals surface area contributed by atoms with Crippen molar-refractivity contribution in [2.45, 2.75) is 30.2 Å². The van der Waals surface area contributed by atoms with E-state index in [0.717, 1.165) is 6.42 Å². The number of nitrogens with two attached hydrogens (primary N) is 1. The predicted molar refractivity (Wildman–Crippen MR) is 79.4 cm³/mol. The fourth-order valence-electron chi connectivity index (χ4n) is 2.42. The van der Waals surface area contributed by atoms with Gasteiger partial charge in [-0.2, -0.15) is 4.31 Å². The van der Waals surface area contributed by atoms with Gasteiger partial charge in [-0.05, 0) is 37.5 Å². The molecule has 0 aromatic heterocycles. The van der Waals surface area contributed by atoms with Crippen molar-refractivity contribution in [3.8, 4) is 0 Å². The molecule has 1 saturated heterocycles. The molecule has 0 spiro atoms. The fourth-order valence-corrected chi connectivity index (χ4v) is 4.59. The first-order chi connectivity index (χ1) is 9.87. The molecule has 0 amide bonds. The molecule has 8 heteroatoms. The first kappa shape index (κ1) is 16.1. The second kappa shape index (κ2) is 6.21. The summed E-state index contributed by atoms with van der Waals surface area (Å²) in [6, 6.07) is 3.40. The highest BCUT2D eigenvalue weighted by atomic mass is 35.5. The minimum Gasteiger partial charge on any atom is -0.468 e. The van der Waals surface area contributed by atoms with Crippen LogP contribution >= 0.6 is 11.6 Å². The summed E-state index contributed by atoms with van der Waals surface area (Å²) in [7, 11) is -2.62. The average molecular weight is 333 g/mol. The van der Waals surface area contributed by atoms with Crippen molar-refractivity contribution >= 4 is 33.3 Å². The number of methoxy groups -OCH3 is 1. The number of hydrogen-bond acceptors (Lipinski definition) is 5. The van der Waals surface area contributed by atoms with E-state index in [1.807, 2.05) is 0 Å². The van der Waals surface area contributed by atoms with Gasteiger partial charge < -0.3 is 10.5 Å². The van der Waals surface area contributed by atoms with Gasteiger partial charge >= 0.3 is 5.97 Å². The summed E-state index contributed by atoms with van der Waals surface area (Å²) in [5, 5.41) is 0.0455. The van der Waals surface area contributed by atoms with Gasteiger partial charge in [0.05, 0.1) is 12.1 Å². The summed E-state index contributed by atoms with van der Waals surface area (Å²) in [5.74, 6) is -0.551. The number of piperidine rings is 1. The number of nitrogen functional groups attached to an aromatic ring is 1. The normalized spacial score (nSPS) is 20.2. The molecular weight excluding hydrogens is 316 g/mol. The highest BCUT2D eigenvalue weighted by molar-refractivity contribution is 7.89. The number of nitrogens with zero attached hydrogens (tertiary/aromatic N) is 1. The van der Waals surface area contributed by atoms with Gasteiger partial charge in [-0.1, -0.05) is 11.6 Å². The highest BCUT2D eigenvalue weighted by Crippen LogP contribution is 2.31. The Morgan fingerprint density at radius 3 is 2.76 bits per heavy atom. The second-order valence-corrected chi connectivity index (χ2v) is 7.11. The molecule has 2 N–H and O–H groups in total. The van der Waals surface area contributed by atoms with Crippen LogP contribution in [0.1, 0.15) is 19.3 Å². The van der Waals surface area contributed by atoms with Crippen LogP contribution in [0.5, 0.6) is 0 Å². The van der Waals surface area contributed by atoms with E-state index >= 15 is 0 Å². The van der Waals surface area contributed by atoms with E-state index in [1.54, 1.807) is 0 Å². The third-order valence-electron chi connectivity index (χ3n) is 3.47. The summed E-state index contributed by atoms with van der Waals surface area (Å²) in [4.78, 5) is 11.8. The van der Waals surface area contributed by atoms with E-state index in [1.165, 1.54) is 29.6 Å². The third kappa shape index (κ3) is 3.14.